The first-order valence-corrected chi connectivity index (χ1v) is 6.63. The number of hydrogen-bond donors (Lipinski definition) is 0. The van der Waals surface area contributed by atoms with Gasteiger partial charge in [-0.2, -0.15) is 4.98 Å². The maximum Gasteiger partial charge on any atom is 0.320 e. The van der Waals surface area contributed by atoms with E-state index in [1.54, 1.807) is 6.20 Å². The lowest BCUT2D eigenvalue weighted by atomic mass is 10.2. The quantitative estimate of drug-likeness (QED) is 0.853. The van der Waals surface area contributed by atoms with Crippen LogP contribution >= 0.6 is 15.9 Å². The Bertz CT molecular complexity index is 625. The zero-order valence-electron chi connectivity index (χ0n) is 10.6. The van der Waals surface area contributed by atoms with E-state index in [-0.39, 0.29) is 12.8 Å². The highest BCUT2D eigenvalue weighted by Gasteiger charge is 2.13. The molecule has 6 nitrogen and oxygen atoms in total. The summed E-state index contributed by atoms with van der Waals surface area (Å²) in [6.45, 7) is 0.591. The number of nitrogens with zero attached hydrogens (tertiary/aromatic N) is 2. The van der Waals surface area contributed by atoms with Crippen LogP contribution in [0.15, 0.2) is 28.9 Å². The summed E-state index contributed by atoms with van der Waals surface area (Å²) >= 11 is 3.28. The van der Waals surface area contributed by atoms with E-state index in [4.69, 9.17) is 18.9 Å². The number of aromatic nitrogens is 2. The number of rotatable bonds is 4. The van der Waals surface area contributed by atoms with Crippen LogP contribution in [0.1, 0.15) is 5.56 Å². The van der Waals surface area contributed by atoms with E-state index in [1.807, 2.05) is 18.2 Å². The lowest BCUT2D eigenvalue weighted by Crippen LogP contribution is -2.01. The van der Waals surface area contributed by atoms with Crippen molar-refractivity contribution >= 4 is 15.9 Å². The number of benzene rings is 1. The van der Waals surface area contributed by atoms with Crippen molar-refractivity contribution in [3.63, 3.8) is 0 Å². The summed E-state index contributed by atoms with van der Waals surface area (Å²) in [5, 5.41) is 0. The molecule has 0 N–H and O–H groups in total. The molecule has 0 atom stereocenters. The number of hydrogen-bond acceptors (Lipinski definition) is 6. The lowest BCUT2D eigenvalue weighted by molar-refractivity contribution is 0.174. The Kier molecular flexibility index (Phi) is 3.60. The van der Waals surface area contributed by atoms with Crippen molar-refractivity contribution in [3.05, 3.63) is 34.4 Å². The summed E-state index contributed by atoms with van der Waals surface area (Å²) in [6.07, 6.45) is 1.58. The van der Waals surface area contributed by atoms with Gasteiger partial charge in [0.2, 0.25) is 12.7 Å². The van der Waals surface area contributed by atoms with Gasteiger partial charge in [-0.1, -0.05) is 6.07 Å². The Morgan fingerprint density at radius 3 is 3.00 bits per heavy atom. The largest absolute Gasteiger partial charge is 0.480 e. The van der Waals surface area contributed by atoms with Gasteiger partial charge in [-0.15, -0.1) is 0 Å². The normalized spacial score (nSPS) is 12.3. The van der Waals surface area contributed by atoms with Crippen molar-refractivity contribution in [2.45, 2.75) is 6.61 Å². The zero-order valence-corrected chi connectivity index (χ0v) is 12.2. The van der Waals surface area contributed by atoms with Crippen molar-refractivity contribution in [2.75, 3.05) is 13.9 Å². The summed E-state index contributed by atoms with van der Waals surface area (Å²) in [6, 6.07) is 5.88. The summed E-state index contributed by atoms with van der Waals surface area (Å²) in [5.41, 5.74) is 0.944. The van der Waals surface area contributed by atoms with Crippen LogP contribution < -0.4 is 18.9 Å². The molecule has 3 rings (SSSR count). The molecule has 104 valence electrons. The Morgan fingerprint density at radius 1 is 1.30 bits per heavy atom. The molecule has 0 radical (unpaired) electrons. The second-order valence-electron chi connectivity index (χ2n) is 3.99. The van der Waals surface area contributed by atoms with Gasteiger partial charge >= 0.3 is 6.01 Å². The molecule has 0 bridgehead atoms. The second-order valence-corrected chi connectivity index (χ2v) is 4.84. The first-order valence-electron chi connectivity index (χ1n) is 5.84. The van der Waals surface area contributed by atoms with Gasteiger partial charge < -0.3 is 18.9 Å². The minimum atomic E-state index is 0.253. The average molecular weight is 339 g/mol. The summed E-state index contributed by atoms with van der Waals surface area (Å²) in [7, 11) is 1.54. The molecule has 2 heterocycles. The van der Waals surface area contributed by atoms with Gasteiger partial charge in [0.25, 0.3) is 0 Å². The van der Waals surface area contributed by atoms with Crippen molar-refractivity contribution in [1.82, 2.24) is 9.97 Å². The molecule has 0 aliphatic carbocycles. The molecular formula is C13H11BrN2O4. The van der Waals surface area contributed by atoms with Crippen molar-refractivity contribution in [1.29, 1.82) is 0 Å². The third-order valence-corrected chi connectivity index (χ3v) is 3.23. The highest BCUT2D eigenvalue weighted by Crippen LogP contribution is 2.32. The van der Waals surface area contributed by atoms with Gasteiger partial charge in [-0.3, -0.25) is 0 Å². The maximum absolute atomic E-state index is 5.53. The van der Waals surface area contributed by atoms with Crippen molar-refractivity contribution < 1.29 is 18.9 Å². The predicted molar refractivity (Wildman–Crippen MR) is 73.2 cm³/mol. The van der Waals surface area contributed by atoms with E-state index in [9.17, 15) is 0 Å². The minimum absolute atomic E-state index is 0.253. The topological polar surface area (TPSA) is 62.7 Å². The third-order valence-electron chi connectivity index (χ3n) is 2.69. The van der Waals surface area contributed by atoms with Gasteiger partial charge in [0.1, 0.15) is 6.61 Å². The van der Waals surface area contributed by atoms with Crippen molar-refractivity contribution in [2.24, 2.45) is 0 Å². The van der Waals surface area contributed by atoms with E-state index < -0.39 is 0 Å². The SMILES string of the molecule is COc1nc(OCc2ccc3c(c2)OCO3)ncc1Br. The fourth-order valence-electron chi connectivity index (χ4n) is 1.73. The number of ether oxygens (including phenoxy) is 4. The number of halogens is 1. The van der Waals surface area contributed by atoms with Crippen molar-refractivity contribution in [3.8, 4) is 23.4 Å². The molecule has 20 heavy (non-hydrogen) atoms. The van der Waals surface area contributed by atoms with E-state index in [0.717, 1.165) is 17.1 Å². The third kappa shape index (κ3) is 2.62. The van der Waals surface area contributed by atoms with Crippen LogP contribution in [-0.2, 0) is 6.61 Å². The van der Waals surface area contributed by atoms with Gasteiger partial charge in [0, 0.05) is 0 Å². The smallest absolute Gasteiger partial charge is 0.320 e. The Labute approximate surface area is 123 Å². The van der Waals surface area contributed by atoms with Gasteiger partial charge in [0.15, 0.2) is 11.5 Å². The standard InChI is InChI=1S/C13H11BrN2O4/c1-17-12-9(14)5-15-13(16-12)18-6-8-2-3-10-11(4-8)20-7-19-10/h2-5H,6-7H2,1H3. The molecule has 0 spiro atoms. The predicted octanol–water partition coefficient (Wildman–Crippen LogP) is 2.56. The van der Waals surface area contributed by atoms with Gasteiger partial charge in [-0.05, 0) is 33.6 Å². The minimum Gasteiger partial charge on any atom is -0.480 e. The van der Waals surface area contributed by atoms with E-state index in [1.165, 1.54) is 7.11 Å². The van der Waals surface area contributed by atoms with Gasteiger partial charge in [0.05, 0.1) is 17.8 Å². The Balaban J connectivity index is 1.70. The van der Waals surface area contributed by atoms with E-state index in [2.05, 4.69) is 25.9 Å². The Hall–Kier alpha value is -2.02. The molecule has 0 saturated heterocycles. The van der Waals surface area contributed by atoms with Crippen LogP contribution in [0.5, 0.6) is 23.4 Å². The number of methoxy groups -OCH3 is 1. The molecule has 0 unspecified atom stereocenters. The number of fused-ring (bicyclic) bond motifs is 1. The van der Waals surface area contributed by atoms with Crippen LogP contribution in [0, 0.1) is 0 Å². The lowest BCUT2D eigenvalue weighted by Gasteiger charge is -2.07. The molecule has 1 aromatic heterocycles. The highest BCUT2D eigenvalue weighted by atomic mass is 79.9. The summed E-state index contributed by atoms with van der Waals surface area (Å²) < 4.78 is 21.8. The maximum atomic E-state index is 5.53. The van der Waals surface area contributed by atoms with Crippen LogP contribution in [0.2, 0.25) is 0 Å². The van der Waals surface area contributed by atoms with Gasteiger partial charge in [-0.25, -0.2) is 4.98 Å². The molecule has 2 aromatic rings. The first kappa shape index (κ1) is 13.0. The monoisotopic (exact) mass is 338 g/mol. The fraction of sp³-hybridized carbons (Fsp3) is 0.231. The molecule has 0 fully saturated rings. The molecule has 1 aromatic carbocycles. The van der Waals surface area contributed by atoms with E-state index in [0.29, 0.717) is 17.0 Å². The summed E-state index contributed by atoms with van der Waals surface area (Å²) in [4.78, 5) is 8.18. The van der Waals surface area contributed by atoms with E-state index >= 15 is 0 Å². The summed E-state index contributed by atoms with van der Waals surface area (Å²) in [5.74, 6) is 1.90. The molecule has 0 amide bonds. The molecule has 1 aliphatic heterocycles. The Morgan fingerprint density at radius 2 is 2.15 bits per heavy atom. The fourth-order valence-corrected chi connectivity index (χ4v) is 2.08. The molecule has 7 heteroatoms. The molecule has 1 aliphatic rings. The van der Waals surface area contributed by atoms with Crippen LogP contribution in [-0.4, -0.2) is 23.9 Å². The van der Waals surface area contributed by atoms with Crippen LogP contribution in [0.25, 0.3) is 0 Å². The first-order chi connectivity index (χ1) is 9.76. The molecule has 0 saturated carbocycles. The molecular weight excluding hydrogens is 328 g/mol. The second kappa shape index (κ2) is 5.54. The van der Waals surface area contributed by atoms with Crippen LogP contribution in [0.4, 0.5) is 0 Å². The highest BCUT2D eigenvalue weighted by molar-refractivity contribution is 9.10. The van der Waals surface area contributed by atoms with Crippen LogP contribution in [0.3, 0.4) is 0 Å². The zero-order chi connectivity index (χ0) is 13.9. The average Bonchev–Trinajstić information content (AvgIpc) is 2.94.